The van der Waals surface area contributed by atoms with Crippen LogP contribution in [0.5, 0.6) is 17.2 Å². The van der Waals surface area contributed by atoms with Gasteiger partial charge in [-0.1, -0.05) is 0 Å². The Morgan fingerprint density at radius 2 is 1.41 bits per heavy atom. The van der Waals surface area contributed by atoms with Crippen LogP contribution in [0.2, 0.25) is 0 Å². The van der Waals surface area contributed by atoms with Crippen LogP contribution in [0, 0.1) is 0 Å². The lowest BCUT2D eigenvalue weighted by Gasteiger charge is -2.42. The molecular weight excluding hydrogens is 548 g/mol. The molecule has 2 aliphatic heterocycles. The molecule has 3 heterocycles. The SMILES string of the molecule is C[C@@H]1O[C@@H](OC[C@H]2O[C@@H](Oc3cc(O)cc4oc(-c5ccc(O)cc5)cc(=O)c34)[C@H](O)[C@@H](O)[C@@H]2O)[C@H](O)[C@H](O)[C@H]1O. The summed E-state index contributed by atoms with van der Waals surface area (Å²) in [6, 6.07) is 9.31. The number of rotatable bonds is 6. The molecule has 0 spiro atoms. The highest BCUT2D eigenvalue weighted by atomic mass is 16.7. The van der Waals surface area contributed by atoms with Gasteiger partial charge in [0.25, 0.3) is 0 Å². The van der Waals surface area contributed by atoms with Gasteiger partial charge in [-0.15, -0.1) is 0 Å². The second-order valence-electron chi connectivity index (χ2n) is 9.99. The fourth-order valence-electron chi connectivity index (χ4n) is 4.72. The number of aromatic hydroxyl groups is 2. The van der Waals surface area contributed by atoms with Crippen LogP contribution in [-0.4, -0.2) is 109 Å². The summed E-state index contributed by atoms with van der Waals surface area (Å²) in [5.41, 5.74) is -0.171. The number of benzene rings is 2. The minimum Gasteiger partial charge on any atom is -0.508 e. The normalized spacial score (nSPS) is 34.0. The van der Waals surface area contributed by atoms with Gasteiger partial charge in [0.05, 0.1) is 12.7 Å². The van der Waals surface area contributed by atoms with Gasteiger partial charge in [0.15, 0.2) is 11.7 Å². The number of hydrogen-bond donors (Lipinski definition) is 8. The Kier molecular flexibility index (Phi) is 8.20. The molecule has 10 atom stereocenters. The summed E-state index contributed by atoms with van der Waals surface area (Å²) in [7, 11) is 0. The van der Waals surface area contributed by atoms with E-state index in [1.807, 2.05) is 0 Å². The van der Waals surface area contributed by atoms with Crippen LogP contribution in [-0.2, 0) is 14.2 Å². The molecule has 2 aliphatic rings. The molecule has 0 bridgehead atoms. The summed E-state index contributed by atoms with van der Waals surface area (Å²) in [5.74, 6) is -0.457. The van der Waals surface area contributed by atoms with Crippen LogP contribution in [0.1, 0.15) is 6.92 Å². The van der Waals surface area contributed by atoms with Gasteiger partial charge in [-0.25, -0.2) is 0 Å². The highest BCUT2D eigenvalue weighted by Gasteiger charge is 2.47. The second kappa shape index (κ2) is 11.5. The molecule has 41 heavy (non-hydrogen) atoms. The average Bonchev–Trinajstić information content (AvgIpc) is 2.93. The maximum absolute atomic E-state index is 13.1. The summed E-state index contributed by atoms with van der Waals surface area (Å²) >= 11 is 0. The second-order valence-corrected chi connectivity index (χ2v) is 9.99. The van der Waals surface area contributed by atoms with Crippen molar-refractivity contribution in [1.82, 2.24) is 0 Å². The predicted octanol–water partition coefficient (Wildman–Crippen LogP) is -1.10. The Labute approximate surface area is 231 Å². The van der Waals surface area contributed by atoms with Gasteiger partial charge >= 0.3 is 0 Å². The van der Waals surface area contributed by atoms with Crippen molar-refractivity contribution in [2.75, 3.05) is 6.61 Å². The lowest BCUT2D eigenvalue weighted by atomic mass is 9.98. The molecule has 5 rings (SSSR count). The number of fused-ring (bicyclic) bond motifs is 1. The van der Waals surface area contributed by atoms with Crippen molar-refractivity contribution in [2.45, 2.75) is 68.3 Å². The maximum atomic E-state index is 13.1. The molecule has 0 radical (unpaired) electrons. The average molecular weight is 579 g/mol. The van der Waals surface area contributed by atoms with Crippen molar-refractivity contribution in [3.05, 3.63) is 52.7 Å². The van der Waals surface area contributed by atoms with Crippen molar-refractivity contribution >= 4 is 11.0 Å². The fraction of sp³-hybridized carbons (Fsp3) is 0.444. The molecule has 0 aliphatic carbocycles. The molecule has 8 N–H and O–H groups in total. The number of hydrogen-bond acceptors (Lipinski definition) is 14. The molecule has 14 heteroatoms. The minimum absolute atomic E-state index is 0.0145. The molecule has 0 unspecified atom stereocenters. The summed E-state index contributed by atoms with van der Waals surface area (Å²) < 4.78 is 27.9. The third-order valence-electron chi connectivity index (χ3n) is 7.08. The third kappa shape index (κ3) is 5.74. The van der Waals surface area contributed by atoms with Crippen molar-refractivity contribution in [1.29, 1.82) is 0 Å². The van der Waals surface area contributed by atoms with Gasteiger partial charge in [0.1, 0.15) is 76.7 Å². The van der Waals surface area contributed by atoms with Crippen molar-refractivity contribution in [2.24, 2.45) is 0 Å². The first kappa shape index (κ1) is 29.2. The van der Waals surface area contributed by atoms with Gasteiger partial charge in [0, 0.05) is 23.8 Å². The lowest BCUT2D eigenvalue weighted by molar-refractivity contribution is -0.318. The first-order valence-electron chi connectivity index (χ1n) is 12.7. The van der Waals surface area contributed by atoms with Crippen LogP contribution < -0.4 is 10.2 Å². The minimum atomic E-state index is -1.81. The van der Waals surface area contributed by atoms with Gasteiger partial charge in [-0.05, 0) is 31.2 Å². The van der Waals surface area contributed by atoms with Crippen molar-refractivity contribution in [3.63, 3.8) is 0 Å². The van der Waals surface area contributed by atoms with Gasteiger partial charge in [0.2, 0.25) is 6.29 Å². The Morgan fingerprint density at radius 3 is 2.12 bits per heavy atom. The smallest absolute Gasteiger partial charge is 0.229 e. The summed E-state index contributed by atoms with van der Waals surface area (Å²) in [5, 5.41) is 81.2. The lowest BCUT2D eigenvalue weighted by Crippen LogP contribution is -2.61. The number of phenols is 2. The number of phenolic OH excluding ortho intramolecular Hbond substituents is 2. The summed E-state index contributed by atoms with van der Waals surface area (Å²) in [6.07, 6.45) is -15.2. The fourth-order valence-corrected chi connectivity index (χ4v) is 4.72. The molecule has 14 nitrogen and oxygen atoms in total. The molecule has 2 saturated heterocycles. The Bertz CT molecular complexity index is 1420. The van der Waals surface area contributed by atoms with Crippen LogP contribution in [0.25, 0.3) is 22.3 Å². The van der Waals surface area contributed by atoms with Crippen LogP contribution >= 0.6 is 0 Å². The quantitative estimate of drug-likeness (QED) is 0.174. The van der Waals surface area contributed by atoms with E-state index in [-0.39, 0.29) is 34.0 Å². The maximum Gasteiger partial charge on any atom is 0.229 e. The van der Waals surface area contributed by atoms with Crippen LogP contribution in [0.3, 0.4) is 0 Å². The molecule has 222 valence electrons. The standard InChI is InChI=1S/C27H30O14/c1-10-20(31)22(33)24(35)26(38-10)37-9-18-21(32)23(34)25(36)27(41-18)40-17-7-13(29)6-16-19(17)14(30)8-15(39-16)11-2-4-12(28)5-3-11/h2-8,10,18,20-29,31-36H,9H2,1H3/t10-,18+,20-,21+,22+,23-,24+,25+,26+,27+/m0/s1. The zero-order valence-corrected chi connectivity index (χ0v) is 21.5. The summed E-state index contributed by atoms with van der Waals surface area (Å²) in [6.45, 7) is 0.941. The Balaban J connectivity index is 1.38. The van der Waals surface area contributed by atoms with Crippen molar-refractivity contribution < 1.29 is 64.2 Å². The first-order valence-corrected chi connectivity index (χ1v) is 12.7. The zero-order chi connectivity index (χ0) is 29.6. The van der Waals surface area contributed by atoms with E-state index < -0.39 is 73.4 Å². The van der Waals surface area contributed by atoms with E-state index in [1.54, 1.807) is 0 Å². The van der Waals surface area contributed by atoms with E-state index in [4.69, 9.17) is 23.4 Å². The third-order valence-corrected chi connectivity index (χ3v) is 7.08. The van der Waals surface area contributed by atoms with Crippen LogP contribution in [0.4, 0.5) is 0 Å². The monoisotopic (exact) mass is 578 g/mol. The summed E-state index contributed by atoms with van der Waals surface area (Å²) in [4.78, 5) is 13.1. The first-order chi connectivity index (χ1) is 19.4. The molecule has 2 fully saturated rings. The molecular formula is C27H30O14. The van der Waals surface area contributed by atoms with Gasteiger partial charge in [-0.2, -0.15) is 0 Å². The highest BCUT2D eigenvalue weighted by Crippen LogP contribution is 2.34. The predicted molar refractivity (Wildman–Crippen MR) is 137 cm³/mol. The van der Waals surface area contributed by atoms with E-state index in [9.17, 15) is 45.6 Å². The highest BCUT2D eigenvalue weighted by molar-refractivity contribution is 5.86. The number of aliphatic hydroxyl groups excluding tert-OH is 6. The number of aliphatic hydroxyl groups is 6. The topological polar surface area (TPSA) is 229 Å². The van der Waals surface area contributed by atoms with E-state index >= 15 is 0 Å². The van der Waals surface area contributed by atoms with E-state index in [0.29, 0.717) is 5.56 Å². The van der Waals surface area contributed by atoms with Crippen molar-refractivity contribution in [3.8, 4) is 28.6 Å². The van der Waals surface area contributed by atoms with E-state index in [2.05, 4.69) is 0 Å². The molecule has 0 amide bonds. The Morgan fingerprint density at radius 1 is 0.756 bits per heavy atom. The van der Waals surface area contributed by atoms with E-state index in [1.165, 1.54) is 43.3 Å². The molecule has 0 saturated carbocycles. The Hall–Kier alpha value is -3.31. The molecule has 3 aromatic rings. The zero-order valence-electron chi connectivity index (χ0n) is 21.5. The molecule has 2 aromatic carbocycles. The largest absolute Gasteiger partial charge is 0.508 e. The van der Waals surface area contributed by atoms with Gasteiger partial charge in [-0.3, -0.25) is 4.79 Å². The van der Waals surface area contributed by atoms with E-state index in [0.717, 1.165) is 6.07 Å². The van der Waals surface area contributed by atoms with Crippen LogP contribution in [0.15, 0.2) is 51.7 Å². The van der Waals surface area contributed by atoms with Gasteiger partial charge < -0.3 is 64.2 Å². The number of ether oxygens (including phenoxy) is 4. The molecule has 1 aromatic heterocycles.